The fraction of sp³-hybridized carbons (Fsp3) is 1.00. The summed E-state index contributed by atoms with van der Waals surface area (Å²) >= 11 is 3.38. The maximum Gasteiger partial charge on any atom is 0.00313 e. The van der Waals surface area contributed by atoms with Gasteiger partial charge in [-0.2, -0.15) is 9.90 Å². The molecule has 1 unspecified atom stereocenters. The second-order valence-electron chi connectivity index (χ2n) is 1.75. The smallest absolute Gasteiger partial charge is 0.00313 e. The molecule has 0 amide bonds. The lowest BCUT2D eigenvalue weighted by atomic mass is 10.2. The maximum atomic E-state index is 3.38. The van der Waals surface area contributed by atoms with Crippen LogP contribution >= 0.6 is 25.8 Å². The van der Waals surface area contributed by atoms with Crippen LogP contribution in [-0.4, -0.2) is 5.33 Å². The Bertz CT molecular complexity index is 27.7. The quantitative estimate of drug-likeness (QED) is 0.371. The highest BCUT2D eigenvalue weighted by Gasteiger charge is 1.81. The molecule has 0 aliphatic heterocycles. The van der Waals surface area contributed by atoms with E-state index in [-0.39, 0.29) is 9.90 Å². The normalized spacial score (nSPS) is 8.25. The zero-order valence-corrected chi connectivity index (χ0v) is 8.62. The molecule has 1 atom stereocenters. The molecule has 0 spiro atoms. The van der Waals surface area contributed by atoms with E-state index in [9.17, 15) is 0 Å². The first-order chi connectivity index (χ1) is 3.41. The molecule has 0 fully saturated rings. The standard InChI is InChI=1S/C6H13Br.H3P/c1-2-3-4-5-6-7;/h2-6H2,1H3;1H3. The van der Waals surface area contributed by atoms with E-state index in [0.29, 0.717) is 0 Å². The lowest BCUT2D eigenvalue weighted by molar-refractivity contribution is 0.708. The Hall–Kier alpha value is 0.910. The van der Waals surface area contributed by atoms with Gasteiger partial charge >= 0.3 is 0 Å². The summed E-state index contributed by atoms with van der Waals surface area (Å²) in [4.78, 5) is 0. The van der Waals surface area contributed by atoms with Crippen LogP contribution in [0.4, 0.5) is 0 Å². The summed E-state index contributed by atoms with van der Waals surface area (Å²) < 4.78 is 0. The first-order valence-corrected chi connectivity index (χ1v) is 4.10. The largest absolute Gasteiger partial charge is 0.153 e. The number of halogens is 1. The third-order valence-electron chi connectivity index (χ3n) is 0.987. The molecule has 0 aromatic carbocycles. The van der Waals surface area contributed by atoms with Gasteiger partial charge in [-0.1, -0.05) is 42.1 Å². The molecular formula is C6H16BrP. The third kappa shape index (κ3) is 10.0. The first-order valence-electron chi connectivity index (χ1n) is 2.97. The van der Waals surface area contributed by atoms with Gasteiger partial charge in [0.05, 0.1) is 0 Å². The molecule has 0 nitrogen and oxygen atoms in total. The Morgan fingerprint density at radius 3 is 2.12 bits per heavy atom. The van der Waals surface area contributed by atoms with E-state index < -0.39 is 0 Å². The average Bonchev–Trinajstić information content (AvgIpc) is 1.69. The van der Waals surface area contributed by atoms with Gasteiger partial charge in [-0.25, -0.2) is 0 Å². The van der Waals surface area contributed by atoms with Gasteiger partial charge in [0, 0.05) is 5.33 Å². The second-order valence-corrected chi connectivity index (χ2v) is 2.54. The van der Waals surface area contributed by atoms with Crippen molar-refractivity contribution in [2.75, 3.05) is 5.33 Å². The van der Waals surface area contributed by atoms with Crippen LogP contribution in [0.5, 0.6) is 0 Å². The topological polar surface area (TPSA) is 0 Å². The molecular weight excluding hydrogens is 183 g/mol. The van der Waals surface area contributed by atoms with Gasteiger partial charge in [0.1, 0.15) is 0 Å². The van der Waals surface area contributed by atoms with Crippen LogP contribution in [0.2, 0.25) is 0 Å². The summed E-state index contributed by atoms with van der Waals surface area (Å²) in [5, 5.41) is 1.17. The minimum absolute atomic E-state index is 0. The molecule has 0 rings (SSSR count). The number of hydrogen-bond donors (Lipinski definition) is 0. The van der Waals surface area contributed by atoms with Gasteiger partial charge in [-0.15, -0.1) is 0 Å². The maximum absolute atomic E-state index is 3.38. The summed E-state index contributed by atoms with van der Waals surface area (Å²) in [5.74, 6) is 0. The van der Waals surface area contributed by atoms with Crippen molar-refractivity contribution in [1.82, 2.24) is 0 Å². The van der Waals surface area contributed by atoms with Crippen molar-refractivity contribution in [3.8, 4) is 0 Å². The molecule has 0 aromatic rings. The van der Waals surface area contributed by atoms with E-state index in [4.69, 9.17) is 0 Å². The van der Waals surface area contributed by atoms with Crippen molar-refractivity contribution < 1.29 is 0 Å². The molecule has 52 valence electrons. The average molecular weight is 199 g/mol. The predicted molar refractivity (Wildman–Crippen MR) is 49.0 cm³/mol. The second kappa shape index (κ2) is 10.8. The molecule has 0 bridgehead atoms. The van der Waals surface area contributed by atoms with Crippen molar-refractivity contribution in [2.45, 2.75) is 32.6 Å². The highest BCUT2D eigenvalue weighted by atomic mass is 79.9. The van der Waals surface area contributed by atoms with Crippen LogP contribution in [0.1, 0.15) is 32.6 Å². The van der Waals surface area contributed by atoms with E-state index >= 15 is 0 Å². The SMILES string of the molecule is CCCCCCBr.P. The Morgan fingerprint density at radius 2 is 1.75 bits per heavy atom. The van der Waals surface area contributed by atoms with E-state index in [2.05, 4.69) is 22.9 Å². The van der Waals surface area contributed by atoms with E-state index in [1.165, 1.54) is 31.0 Å². The zero-order valence-electron chi connectivity index (χ0n) is 5.62. The Kier molecular flexibility index (Phi) is 15.8. The lowest BCUT2D eigenvalue weighted by Crippen LogP contribution is -1.73. The van der Waals surface area contributed by atoms with Gasteiger partial charge in [0.25, 0.3) is 0 Å². The zero-order chi connectivity index (χ0) is 5.54. The number of rotatable bonds is 4. The van der Waals surface area contributed by atoms with Crippen molar-refractivity contribution in [3.05, 3.63) is 0 Å². The molecule has 2 heteroatoms. The monoisotopic (exact) mass is 198 g/mol. The highest BCUT2D eigenvalue weighted by Crippen LogP contribution is 1.99. The predicted octanol–water partition coefficient (Wildman–Crippen LogP) is 3.02. The van der Waals surface area contributed by atoms with Crippen LogP contribution < -0.4 is 0 Å². The van der Waals surface area contributed by atoms with Crippen molar-refractivity contribution in [1.29, 1.82) is 0 Å². The molecule has 0 saturated carbocycles. The summed E-state index contributed by atoms with van der Waals surface area (Å²) in [7, 11) is 0. The van der Waals surface area contributed by atoms with Gasteiger partial charge in [-0.05, 0) is 6.42 Å². The molecule has 0 aromatic heterocycles. The van der Waals surface area contributed by atoms with Crippen LogP contribution in [0.15, 0.2) is 0 Å². The van der Waals surface area contributed by atoms with Crippen molar-refractivity contribution in [3.63, 3.8) is 0 Å². The van der Waals surface area contributed by atoms with Crippen LogP contribution in [0.25, 0.3) is 0 Å². The molecule has 0 N–H and O–H groups in total. The number of hydrogen-bond acceptors (Lipinski definition) is 0. The van der Waals surface area contributed by atoms with Gasteiger partial charge in [-0.3, -0.25) is 0 Å². The van der Waals surface area contributed by atoms with Crippen LogP contribution in [0.3, 0.4) is 0 Å². The molecule has 0 heterocycles. The molecule has 0 saturated heterocycles. The Balaban J connectivity index is 0. The van der Waals surface area contributed by atoms with Gasteiger partial charge in [0.15, 0.2) is 0 Å². The van der Waals surface area contributed by atoms with E-state index in [0.717, 1.165) is 0 Å². The molecule has 0 aliphatic rings. The summed E-state index contributed by atoms with van der Waals surface area (Å²) in [6.45, 7) is 2.23. The summed E-state index contributed by atoms with van der Waals surface area (Å²) in [6.07, 6.45) is 5.47. The van der Waals surface area contributed by atoms with E-state index in [1.54, 1.807) is 0 Å². The number of alkyl halides is 1. The van der Waals surface area contributed by atoms with Crippen molar-refractivity contribution in [2.24, 2.45) is 0 Å². The minimum atomic E-state index is 0. The minimum Gasteiger partial charge on any atom is -0.153 e. The fourth-order valence-corrected chi connectivity index (χ4v) is 0.918. The van der Waals surface area contributed by atoms with Gasteiger partial charge in [0.2, 0.25) is 0 Å². The van der Waals surface area contributed by atoms with Gasteiger partial charge < -0.3 is 0 Å². The third-order valence-corrected chi connectivity index (χ3v) is 1.55. The van der Waals surface area contributed by atoms with Crippen LogP contribution in [0, 0.1) is 0 Å². The summed E-state index contributed by atoms with van der Waals surface area (Å²) in [5.41, 5.74) is 0. The van der Waals surface area contributed by atoms with Crippen molar-refractivity contribution >= 4 is 25.8 Å². The van der Waals surface area contributed by atoms with Crippen LogP contribution in [-0.2, 0) is 0 Å². The van der Waals surface area contributed by atoms with E-state index in [1.807, 2.05) is 0 Å². The lowest BCUT2D eigenvalue weighted by Gasteiger charge is -1.89. The Morgan fingerprint density at radius 1 is 1.12 bits per heavy atom. The first kappa shape index (κ1) is 11.7. The Labute approximate surface area is 64.2 Å². The summed E-state index contributed by atoms with van der Waals surface area (Å²) in [6, 6.07) is 0. The highest BCUT2D eigenvalue weighted by molar-refractivity contribution is 9.09. The number of unbranched alkanes of at least 4 members (excludes halogenated alkanes) is 3. The molecule has 0 radical (unpaired) electrons. The molecule has 8 heavy (non-hydrogen) atoms. The molecule has 0 aliphatic carbocycles. The fourth-order valence-electron chi connectivity index (χ4n) is 0.521.